The average Bonchev–Trinajstić information content (AvgIpc) is 3.39. The molecule has 0 aliphatic carbocycles. The summed E-state index contributed by atoms with van der Waals surface area (Å²) in [6.07, 6.45) is 3.48. The van der Waals surface area contributed by atoms with Crippen molar-refractivity contribution in [3.8, 4) is 11.4 Å². The van der Waals surface area contributed by atoms with Crippen molar-refractivity contribution >= 4 is 11.6 Å². The van der Waals surface area contributed by atoms with Gasteiger partial charge in [-0.3, -0.25) is 9.48 Å². The van der Waals surface area contributed by atoms with E-state index in [0.29, 0.717) is 30.2 Å². The maximum Gasteiger partial charge on any atom is 0.255 e. The van der Waals surface area contributed by atoms with Crippen LogP contribution in [0.5, 0.6) is 0 Å². The van der Waals surface area contributed by atoms with Gasteiger partial charge in [0.25, 0.3) is 5.91 Å². The molecule has 1 amide bonds. The lowest BCUT2D eigenvalue weighted by molar-refractivity contribution is 0.102. The first kappa shape index (κ1) is 18.5. The van der Waals surface area contributed by atoms with E-state index in [9.17, 15) is 4.79 Å². The number of tetrazole rings is 1. The zero-order valence-electron chi connectivity index (χ0n) is 16.3. The van der Waals surface area contributed by atoms with Gasteiger partial charge < -0.3 is 5.32 Å². The number of amides is 1. The minimum atomic E-state index is -0.210. The first-order valence-corrected chi connectivity index (χ1v) is 9.39. The first-order valence-electron chi connectivity index (χ1n) is 9.39. The molecule has 0 unspecified atom stereocenters. The highest BCUT2D eigenvalue weighted by molar-refractivity contribution is 6.04. The van der Waals surface area contributed by atoms with Crippen LogP contribution >= 0.6 is 0 Å². The van der Waals surface area contributed by atoms with Crippen LogP contribution in [0.4, 0.5) is 5.69 Å². The van der Waals surface area contributed by atoms with Gasteiger partial charge in [-0.05, 0) is 47.5 Å². The molecule has 2 aromatic heterocycles. The van der Waals surface area contributed by atoms with Gasteiger partial charge in [-0.1, -0.05) is 36.4 Å². The monoisotopic (exact) mass is 387 g/mol. The third-order valence-electron chi connectivity index (χ3n) is 4.70. The zero-order chi connectivity index (χ0) is 20.2. The average molecular weight is 387 g/mol. The van der Waals surface area contributed by atoms with Crippen molar-refractivity contribution < 1.29 is 4.79 Å². The van der Waals surface area contributed by atoms with Gasteiger partial charge in [-0.15, -0.1) is 5.10 Å². The van der Waals surface area contributed by atoms with E-state index in [-0.39, 0.29) is 5.91 Å². The van der Waals surface area contributed by atoms with Crippen LogP contribution in [-0.2, 0) is 13.1 Å². The normalized spacial score (nSPS) is 10.8. The Hall–Kier alpha value is -3.81. The van der Waals surface area contributed by atoms with Crippen molar-refractivity contribution in [3.05, 3.63) is 77.6 Å². The van der Waals surface area contributed by atoms with Crippen LogP contribution in [0.25, 0.3) is 11.4 Å². The molecular weight excluding hydrogens is 366 g/mol. The molecule has 0 saturated carbocycles. The molecule has 0 fully saturated rings. The van der Waals surface area contributed by atoms with Crippen molar-refractivity contribution in [2.45, 2.75) is 26.9 Å². The van der Waals surface area contributed by atoms with Gasteiger partial charge in [-0.2, -0.15) is 5.10 Å². The molecule has 4 rings (SSSR count). The second kappa shape index (κ2) is 8.05. The van der Waals surface area contributed by atoms with Crippen LogP contribution < -0.4 is 5.32 Å². The Kier molecular flexibility index (Phi) is 5.15. The van der Waals surface area contributed by atoms with Crippen molar-refractivity contribution in [2.75, 3.05) is 5.32 Å². The number of rotatable bonds is 6. The molecule has 0 saturated heterocycles. The summed E-state index contributed by atoms with van der Waals surface area (Å²) in [5, 5.41) is 18.9. The van der Waals surface area contributed by atoms with E-state index in [0.717, 1.165) is 5.56 Å². The van der Waals surface area contributed by atoms with Crippen LogP contribution in [0.2, 0.25) is 0 Å². The van der Waals surface area contributed by atoms with Gasteiger partial charge >= 0.3 is 0 Å². The predicted octanol–water partition coefficient (Wildman–Crippen LogP) is 3.17. The van der Waals surface area contributed by atoms with E-state index in [4.69, 9.17) is 0 Å². The Labute approximate surface area is 168 Å². The third-order valence-corrected chi connectivity index (χ3v) is 4.70. The summed E-state index contributed by atoms with van der Waals surface area (Å²) in [6, 6.07) is 15.4. The number of aromatic nitrogens is 6. The van der Waals surface area contributed by atoms with E-state index >= 15 is 0 Å². The van der Waals surface area contributed by atoms with E-state index in [1.54, 1.807) is 23.0 Å². The van der Waals surface area contributed by atoms with E-state index in [1.165, 1.54) is 11.1 Å². The van der Waals surface area contributed by atoms with Crippen molar-refractivity contribution in [3.63, 3.8) is 0 Å². The topological polar surface area (TPSA) is 90.5 Å². The highest BCUT2D eigenvalue weighted by atomic mass is 16.1. The number of carbonyl (C=O) groups excluding carboxylic acids is 1. The summed E-state index contributed by atoms with van der Waals surface area (Å²) in [5.74, 6) is 0.422. The molecule has 146 valence electrons. The second-order valence-corrected chi connectivity index (χ2v) is 6.71. The van der Waals surface area contributed by atoms with Crippen molar-refractivity contribution in [1.82, 2.24) is 30.0 Å². The van der Waals surface area contributed by atoms with Crippen LogP contribution in [-0.4, -0.2) is 35.9 Å². The van der Waals surface area contributed by atoms with Crippen LogP contribution in [0.3, 0.4) is 0 Å². The fraction of sp³-hybridized carbons (Fsp3) is 0.190. The third kappa shape index (κ3) is 4.06. The number of hydrogen-bond acceptors (Lipinski definition) is 5. The Balaban J connectivity index is 1.48. The molecule has 2 heterocycles. The maximum atomic E-state index is 12.7. The number of nitrogens with zero attached hydrogens (tertiary/aromatic N) is 6. The summed E-state index contributed by atoms with van der Waals surface area (Å²) in [6.45, 7) is 5.34. The highest BCUT2D eigenvalue weighted by Crippen LogP contribution is 2.18. The lowest BCUT2D eigenvalue weighted by Crippen LogP contribution is -2.11. The SMILES string of the molecule is CCn1nnnc1-c1cccc(C(=O)Nc2cnn(Cc3ccccc3C)c2)c1. The second-order valence-electron chi connectivity index (χ2n) is 6.71. The van der Waals surface area contributed by atoms with Gasteiger partial charge in [0, 0.05) is 23.9 Å². The Morgan fingerprint density at radius 2 is 2.00 bits per heavy atom. The standard InChI is InChI=1S/C21H21N7O/c1-3-28-20(24-25-26-28)16-9-6-10-17(11-16)21(29)23-19-12-22-27(14-19)13-18-8-5-4-7-15(18)2/h4-12,14H,3,13H2,1-2H3,(H,23,29). The quantitative estimate of drug-likeness (QED) is 0.549. The number of benzene rings is 2. The van der Waals surface area contributed by atoms with Crippen LogP contribution in [0, 0.1) is 6.92 Å². The molecular formula is C21H21N7O. The van der Waals surface area contributed by atoms with Crippen molar-refractivity contribution in [1.29, 1.82) is 0 Å². The highest BCUT2D eigenvalue weighted by Gasteiger charge is 2.12. The summed E-state index contributed by atoms with van der Waals surface area (Å²) in [4.78, 5) is 12.7. The zero-order valence-corrected chi connectivity index (χ0v) is 16.3. The Bertz CT molecular complexity index is 1150. The van der Waals surface area contributed by atoms with E-state index in [2.05, 4.69) is 45.0 Å². The molecule has 0 spiro atoms. The van der Waals surface area contributed by atoms with Crippen LogP contribution in [0.15, 0.2) is 60.9 Å². The fourth-order valence-electron chi connectivity index (χ4n) is 3.10. The number of anilines is 1. The van der Waals surface area contributed by atoms with Crippen LogP contribution in [0.1, 0.15) is 28.4 Å². The Morgan fingerprint density at radius 1 is 1.14 bits per heavy atom. The molecule has 0 aliphatic rings. The summed E-state index contributed by atoms with van der Waals surface area (Å²) >= 11 is 0. The number of hydrogen-bond donors (Lipinski definition) is 1. The first-order chi connectivity index (χ1) is 14.1. The largest absolute Gasteiger partial charge is 0.319 e. The molecule has 0 aliphatic heterocycles. The number of nitrogens with one attached hydrogen (secondary N) is 1. The fourth-order valence-corrected chi connectivity index (χ4v) is 3.10. The maximum absolute atomic E-state index is 12.7. The lowest BCUT2D eigenvalue weighted by Gasteiger charge is -2.06. The minimum absolute atomic E-state index is 0.210. The molecule has 0 radical (unpaired) electrons. The summed E-state index contributed by atoms with van der Waals surface area (Å²) < 4.78 is 3.50. The molecule has 29 heavy (non-hydrogen) atoms. The van der Waals surface area contributed by atoms with Gasteiger partial charge in [0.1, 0.15) is 0 Å². The summed E-state index contributed by atoms with van der Waals surface area (Å²) in [7, 11) is 0. The number of carbonyl (C=O) groups is 1. The molecule has 2 aromatic carbocycles. The molecule has 8 nitrogen and oxygen atoms in total. The number of aryl methyl sites for hydroxylation is 2. The van der Waals surface area contributed by atoms with Gasteiger partial charge in [0.15, 0.2) is 5.82 Å². The van der Waals surface area contributed by atoms with Gasteiger partial charge in [0.05, 0.1) is 18.4 Å². The predicted molar refractivity (Wildman–Crippen MR) is 109 cm³/mol. The summed E-state index contributed by atoms with van der Waals surface area (Å²) in [5.41, 5.74) is 4.36. The molecule has 1 N–H and O–H groups in total. The van der Waals surface area contributed by atoms with Crippen molar-refractivity contribution in [2.24, 2.45) is 0 Å². The molecule has 0 atom stereocenters. The molecule has 0 bridgehead atoms. The lowest BCUT2D eigenvalue weighted by atomic mass is 10.1. The van der Waals surface area contributed by atoms with Gasteiger partial charge in [-0.25, -0.2) is 4.68 Å². The smallest absolute Gasteiger partial charge is 0.255 e. The molecule has 4 aromatic rings. The van der Waals surface area contributed by atoms with E-state index in [1.807, 2.05) is 42.1 Å². The molecule has 8 heteroatoms. The van der Waals surface area contributed by atoms with E-state index < -0.39 is 0 Å². The van der Waals surface area contributed by atoms with Gasteiger partial charge in [0.2, 0.25) is 0 Å². The Morgan fingerprint density at radius 3 is 2.83 bits per heavy atom. The minimum Gasteiger partial charge on any atom is -0.319 e.